The molecule has 1 aromatic heterocycles. The van der Waals surface area contributed by atoms with Gasteiger partial charge in [0, 0.05) is 20.1 Å². The first-order valence-corrected chi connectivity index (χ1v) is 7.87. The summed E-state index contributed by atoms with van der Waals surface area (Å²) < 4.78 is 3.28. The average molecular weight is 303 g/mol. The number of para-hydroxylation sites is 2. The van der Waals surface area contributed by atoms with Gasteiger partial charge in [-0.3, -0.25) is 13.9 Å². The van der Waals surface area contributed by atoms with Crippen LogP contribution in [0.15, 0.2) is 29.1 Å². The van der Waals surface area contributed by atoms with Gasteiger partial charge in [0.1, 0.15) is 6.54 Å². The summed E-state index contributed by atoms with van der Waals surface area (Å²) in [6.45, 7) is 7.63. The molecule has 1 amide bonds. The van der Waals surface area contributed by atoms with Crippen LogP contribution >= 0.6 is 0 Å². The van der Waals surface area contributed by atoms with Gasteiger partial charge in [0.25, 0.3) is 0 Å². The number of rotatable bonds is 6. The van der Waals surface area contributed by atoms with Gasteiger partial charge in [0.05, 0.1) is 11.0 Å². The lowest BCUT2D eigenvalue weighted by atomic mass is 10.1. The zero-order chi connectivity index (χ0) is 16.3. The Labute approximate surface area is 131 Å². The Morgan fingerprint density at radius 2 is 1.77 bits per heavy atom. The molecular formula is C17H25N3O2. The molecule has 2 rings (SSSR count). The van der Waals surface area contributed by atoms with Crippen LogP contribution in [-0.2, 0) is 17.9 Å². The fourth-order valence-electron chi connectivity index (χ4n) is 2.56. The van der Waals surface area contributed by atoms with Crippen molar-refractivity contribution in [1.29, 1.82) is 0 Å². The zero-order valence-electron chi connectivity index (χ0n) is 13.9. The van der Waals surface area contributed by atoms with Crippen LogP contribution in [0.5, 0.6) is 0 Å². The van der Waals surface area contributed by atoms with E-state index >= 15 is 0 Å². The van der Waals surface area contributed by atoms with Gasteiger partial charge >= 0.3 is 5.69 Å². The predicted octanol–water partition coefficient (Wildman–Crippen LogP) is 2.33. The molecule has 0 atom stereocenters. The maximum Gasteiger partial charge on any atom is 0.329 e. The lowest BCUT2D eigenvalue weighted by Crippen LogP contribution is -2.35. The Bertz CT molecular complexity index is 712. The van der Waals surface area contributed by atoms with Crippen molar-refractivity contribution in [2.45, 2.75) is 40.3 Å². The van der Waals surface area contributed by atoms with Gasteiger partial charge in [-0.25, -0.2) is 4.79 Å². The van der Waals surface area contributed by atoms with Crippen molar-refractivity contribution in [3.63, 3.8) is 0 Å². The first-order valence-electron chi connectivity index (χ1n) is 7.87. The van der Waals surface area contributed by atoms with Crippen LogP contribution in [-0.4, -0.2) is 33.5 Å². The molecule has 1 aromatic carbocycles. The highest BCUT2D eigenvalue weighted by Crippen LogP contribution is 2.13. The highest BCUT2D eigenvalue weighted by molar-refractivity contribution is 5.80. The SMILES string of the molecule is CCn1c(=O)n(CC(=O)N(C)CCC(C)C)c2ccccc21. The lowest BCUT2D eigenvalue weighted by Gasteiger charge is -2.18. The number of likely N-dealkylation sites (N-methyl/N-ethyl adjacent to an activating group) is 1. The summed E-state index contributed by atoms with van der Waals surface area (Å²) in [6, 6.07) is 7.62. The topological polar surface area (TPSA) is 47.2 Å². The Morgan fingerprint density at radius 3 is 2.32 bits per heavy atom. The molecule has 0 unspecified atom stereocenters. The highest BCUT2D eigenvalue weighted by atomic mass is 16.2. The normalized spacial score (nSPS) is 11.3. The molecule has 0 saturated heterocycles. The molecule has 5 nitrogen and oxygen atoms in total. The van der Waals surface area contributed by atoms with E-state index in [1.807, 2.05) is 31.2 Å². The number of imidazole rings is 1. The molecule has 0 fully saturated rings. The smallest absolute Gasteiger partial charge is 0.329 e. The Hall–Kier alpha value is -2.04. The summed E-state index contributed by atoms with van der Waals surface area (Å²) in [5, 5.41) is 0. The van der Waals surface area contributed by atoms with Crippen molar-refractivity contribution in [3.8, 4) is 0 Å². The van der Waals surface area contributed by atoms with Crippen molar-refractivity contribution in [1.82, 2.24) is 14.0 Å². The van der Waals surface area contributed by atoms with Crippen LogP contribution < -0.4 is 5.69 Å². The largest absolute Gasteiger partial charge is 0.344 e. The number of aromatic nitrogens is 2. The van der Waals surface area contributed by atoms with Crippen LogP contribution in [0.25, 0.3) is 11.0 Å². The number of carbonyl (C=O) groups is 1. The van der Waals surface area contributed by atoms with Gasteiger partial charge in [-0.05, 0) is 31.4 Å². The molecule has 5 heteroatoms. The van der Waals surface area contributed by atoms with Crippen LogP contribution in [0.2, 0.25) is 0 Å². The van der Waals surface area contributed by atoms with Gasteiger partial charge < -0.3 is 4.90 Å². The minimum absolute atomic E-state index is 0.0262. The standard InChI is InChI=1S/C17H25N3O2/c1-5-19-14-8-6-7-9-15(14)20(17(19)22)12-16(21)18(4)11-10-13(2)3/h6-9,13H,5,10-12H2,1-4H3. The molecule has 0 aliphatic carbocycles. The summed E-state index contributed by atoms with van der Waals surface area (Å²) in [7, 11) is 1.80. The van der Waals surface area contributed by atoms with Gasteiger partial charge in [-0.2, -0.15) is 0 Å². The Morgan fingerprint density at radius 1 is 1.18 bits per heavy atom. The van der Waals surface area contributed by atoms with E-state index in [2.05, 4.69) is 13.8 Å². The van der Waals surface area contributed by atoms with Crippen LogP contribution in [0, 0.1) is 5.92 Å². The summed E-state index contributed by atoms with van der Waals surface area (Å²) >= 11 is 0. The number of aryl methyl sites for hydroxylation is 1. The van der Waals surface area contributed by atoms with Crippen molar-refractivity contribution in [2.24, 2.45) is 5.92 Å². The second-order valence-corrected chi connectivity index (χ2v) is 6.10. The first kappa shape index (κ1) is 16.3. The van der Waals surface area contributed by atoms with E-state index in [9.17, 15) is 9.59 Å². The number of fused-ring (bicyclic) bond motifs is 1. The summed E-state index contributed by atoms with van der Waals surface area (Å²) in [4.78, 5) is 26.6. The molecule has 0 saturated carbocycles. The number of carbonyl (C=O) groups excluding carboxylic acids is 1. The molecule has 0 aliphatic heterocycles. The van der Waals surface area contributed by atoms with E-state index in [0.29, 0.717) is 12.5 Å². The maximum absolute atomic E-state index is 12.5. The van der Waals surface area contributed by atoms with E-state index < -0.39 is 0 Å². The fraction of sp³-hybridized carbons (Fsp3) is 0.529. The molecular weight excluding hydrogens is 278 g/mol. The third-order valence-corrected chi connectivity index (χ3v) is 4.00. The number of benzene rings is 1. The zero-order valence-corrected chi connectivity index (χ0v) is 13.9. The number of hydrogen-bond donors (Lipinski definition) is 0. The van der Waals surface area contributed by atoms with Crippen LogP contribution in [0.4, 0.5) is 0 Å². The second kappa shape index (κ2) is 6.81. The molecule has 1 heterocycles. The van der Waals surface area contributed by atoms with E-state index in [-0.39, 0.29) is 18.1 Å². The quantitative estimate of drug-likeness (QED) is 0.822. The van der Waals surface area contributed by atoms with Gasteiger partial charge in [-0.1, -0.05) is 26.0 Å². The summed E-state index contributed by atoms with van der Waals surface area (Å²) in [6.07, 6.45) is 0.966. The lowest BCUT2D eigenvalue weighted by molar-refractivity contribution is -0.130. The van der Waals surface area contributed by atoms with Crippen molar-refractivity contribution in [2.75, 3.05) is 13.6 Å². The molecule has 2 aromatic rings. The molecule has 0 radical (unpaired) electrons. The predicted molar refractivity (Wildman–Crippen MR) is 89.0 cm³/mol. The van der Waals surface area contributed by atoms with Gasteiger partial charge in [-0.15, -0.1) is 0 Å². The Balaban J connectivity index is 2.26. The molecule has 0 bridgehead atoms. The van der Waals surface area contributed by atoms with E-state index in [4.69, 9.17) is 0 Å². The highest BCUT2D eigenvalue weighted by Gasteiger charge is 2.16. The third kappa shape index (κ3) is 3.24. The van der Waals surface area contributed by atoms with Crippen LogP contribution in [0.1, 0.15) is 27.2 Å². The molecule has 22 heavy (non-hydrogen) atoms. The molecule has 0 spiro atoms. The van der Waals surface area contributed by atoms with Crippen molar-refractivity contribution in [3.05, 3.63) is 34.7 Å². The van der Waals surface area contributed by atoms with Gasteiger partial charge in [0.2, 0.25) is 5.91 Å². The van der Waals surface area contributed by atoms with E-state index in [0.717, 1.165) is 24.0 Å². The summed E-state index contributed by atoms with van der Waals surface area (Å²) in [5.41, 5.74) is 1.59. The molecule has 0 N–H and O–H groups in total. The maximum atomic E-state index is 12.5. The van der Waals surface area contributed by atoms with Crippen LogP contribution in [0.3, 0.4) is 0 Å². The van der Waals surface area contributed by atoms with E-state index in [1.54, 1.807) is 21.1 Å². The second-order valence-electron chi connectivity index (χ2n) is 6.10. The Kier molecular flexibility index (Phi) is 5.06. The average Bonchev–Trinajstić information content (AvgIpc) is 2.76. The number of hydrogen-bond acceptors (Lipinski definition) is 2. The summed E-state index contributed by atoms with van der Waals surface area (Å²) in [5.74, 6) is 0.529. The minimum Gasteiger partial charge on any atom is -0.344 e. The molecule has 120 valence electrons. The number of nitrogens with zero attached hydrogens (tertiary/aromatic N) is 3. The van der Waals surface area contributed by atoms with Crippen molar-refractivity contribution >= 4 is 16.9 Å². The van der Waals surface area contributed by atoms with Crippen molar-refractivity contribution < 1.29 is 4.79 Å². The minimum atomic E-state index is -0.116. The number of amides is 1. The fourth-order valence-corrected chi connectivity index (χ4v) is 2.56. The first-order chi connectivity index (χ1) is 10.5. The third-order valence-electron chi connectivity index (χ3n) is 4.00. The van der Waals surface area contributed by atoms with Gasteiger partial charge in [0.15, 0.2) is 0 Å². The molecule has 0 aliphatic rings. The van der Waals surface area contributed by atoms with E-state index in [1.165, 1.54) is 0 Å². The monoisotopic (exact) mass is 303 g/mol.